The number of urea groups is 1. The van der Waals surface area contributed by atoms with E-state index in [-0.39, 0.29) is 5.95 Å². The van der Waals surface area contributed by atoms with E-state index >= 15 is 0 Å². The highest BCUT2D eigenvalue weighted by Crippen LogP contribution is 2.17. The summed E-state index contributed by atoms with van der Waals surface area (Å²) in [4.78, 5) is 20.8. The van der Waals surface area contributed by atoms with Crippen LogP contribution in [0.15, 0.2) is 36.5 Å². The molecule has 1 aromatic carbocycles. The SMILES string of the molecule is Cc1cc(NCCCN)nc(NC(=O)NN2C=Cc3ccccc3C2)n1. The van der Waals surface area contributed by atoms with Crippen LogP contribution in [0.25, 0.3) is 6.08 Å². The molecule has 136 valence electrons. The average Bonchev–Trinajstić information content (AvgIpc) is 2.61. The standard InChI is InChI=1S/C18H23N7O/c1-13-11-16(20-9-4-8-19)22-17(21-13)23-18(26)24-25-10-7-14-5-2-3-6-15(14)12-25/h2-3,5-7,10-11H,4,8-9,12,19H2,1H3,(H3,20,21,22,23,24,26). The monoisotopic (exact) mass is 353 g/mol. The van der Waals surface area contributed by atoms with Crippen molar-refractivity contribution in [1.29, 1.82) is 0 Å². The molecule has 0 radical (unpaired) electrons. The van der Waals surface area contributed by atoms with Gasteiger partial charge >= 0.3 is 6.03 Å². The maximum absolute atomic E-state index is 12.3. The summed E-state index contributed by atoms with van der Waals surface area (Å²) in [5.41, 5.74) is 11.3. The Labute approximate surface area is 152 Å². The number of nitrogens with zero attached hydrogens (tertiary/aromatic N) is 3. The van der Waals surface area contributed by atoms with Gasteiger partial charge in [0.2, 0.25) is 5.95 Å². The highest BCUT2D eigenvalue weighted by atomic mass is 16.2. The Bertz CT molecular complexity index is 806. The van der Waals surface area contributed by atoms with Gasteiger partial charge in [-0.2, -0.15) is 4.98 Å². The van der Waals surface area contributed by atoms with Crippen LogP contribution in [0.4, 0.5) is 16.6 Å². The zero-order valence-electron chi connectivity index (χ0n) is 14.7. The number of hydrogen-bond donors (Lipinski definition) is 4. The van der Waals surface area contributed by atoms with Gasteiger partial charge < -0.3 is 11.1 Å². The first-order chi connectivity index (χ1) is 12.6. The zero-order valence-corrected chi connectivity index (χ0v) is 14.7. The minimum Gasteiger partial charge on any atom is -0.370 e. The predicted molar refractivity (Wildman–Crippen MR) is 102 cm³/mol. The van der Waals surface area contributed by atoms with Gasteiger partial charge in [-0.25, -0.2) is 15.2 Å². The lowest BCUT2D eigenvalue weighted by molar-refractivity contribution is 0.217. The summed E-state index contributed by atoms with van der Waals surface area (Å²) in [6.07, 6.45) is 4.63. The van der Waals surface area contributed by atoms with Crippen molar-refractivity contribution in [3.05, 3.63) is 53.4 Å². The van der Waals surface area contributed by atoms with Crippen LogP contribution in [0.2, 0.25) is 0 Å². The highest BCUT2D eigenvalue weighted by Gasteiger charge is 2.13. The first-order valence-corrected chi connectivity index (χ1v) is 8.54. The van der Waals surface area contributed by atoms with Gasteiger partial charge in [0.05, 0.1) is 6.54 Å². The summed E-state index contributed by atoms with van der Waals surface area (Å²) >= 11 is 0. The minimum absolute atomic E-state index is 0.249. The van der Waals surface area contributed by atoms with E-state index in [4.69, 9.17) is 5.73 Å². The smallest absolute Gasteiger partial charge is 0.340 e. The molecule has 1 aliphatic heterocycles. The van der Waals surface area contributed by atoms with Crippen LogP contribution in [-0.4, -0.2) is 34.1 Å². The molecule has 0 bridgehead atoms. The maximum atomic E-state index is 12.3. The molecule has 0 atom stereocenters. The summed E-state index contributed by atoms with van der Waals surface area (Å²) in [5.74, 6) is 0.909. The van der Waals surface area contributed by atoms with Crippen molar-refractivity contribution in [1.82, 2.24) is 20.4 Å². The third-order valence-electron chi connectivity index (χ3n) is 3.84. The van der Waals surface area contributed by atoms with E-state index in [0.717, 1.165) is 29.8 Å². The number of benzene rings is 1. The van der Waals surface area contributed by atoms with E-state index in [2.05, 4.69) is 26.0 Å². The fourth-order valence-corrected chi connectivity index (χ4v) is 2.62. The summed E-state index contributed by atoms with van der Waals surface area (Å²) in [7, 11) is 0. The lowest BCUT2D eigenvalue weighted by atomic mass is 10.1. The molecule has 26 heavy (non-hydrogen) atoms. The highest BCUT2D eigenvalue weighted by molar-refractivity contribution is 5.87. The van der Waals surface area contributed by atoms with Crippen LogP contribution in [0.5, 0.6) is 0 Å². The normalized spacial score (nSPS) is 12.5. The van der Waals surface area contributed by atoms with Crippen molar-refractivity contribution in [3.63, 3.8) is 0 Å². The van der Waals surface area contributed by atoms with Crippen molar-refractivity contribution in [2.24, 2.45) is 5.73 Å². The van der Waals surface area contributed by atoms with Gasteiger partial charge in [0.25, 0.3) is 0 Å². The van der Waals surface area contributed by atoms with Crippen molar-refractivity contribution >= 4 is 23.9 Å². The number of carbonyl (C=O) groups is 1. The maximum Gasteiger partial charge on any atom is 0.340 e. The van der Waals surface area contributed by atoms with E-state index < -0.39 is 6.03 Å². The third kappa shape index (κ3) is 4.70. The molecule has 0 saturated heterocycles. The van der Waals surface area contributed by atoms with Crippen molar-refractivity contribution in [2.75, 3.05) is 23.7 Å². The zero-order chi connectivity index (χ0) is 18.4. The van der Waals surface area contributed by atoms with Crippen LogP contribution >= 0.6 is 0 Å². The molecule has 1 aromatic heterocycles. The first-order valence-electron chi connectivity index (χ1n) is 8.54. The van der Waals surface area contributed by atoms with Crippen LogP contribution < -0.4 is 21.8 Å². The number of aryl methyl sites for hydroxylation is 1. The fourth-order valence-electron chi connectivity index (χ4n) is 2.62. The number of fused-ring (bicyclic) bond motifs is 1. The molecule has 8 nitrogen and oxygen atoms in total. The number of hydrogen-bond acceptors (Lipinski definition) is 6. The fraction of sp³-hybridized carbons (Fsp3) is 0.278. The van der Waals surface area contributed by atoms with Crippen LogP contribution in [0, 0.1) is 6.92 Å². The van der Waals surface area contributed by atoms with Crippen molar-refractivity contribution in [3.8, 4) is 0 Å². The van der Waals surface area contributed by atoms with Gasteiger partial charge in [-0.1, -0.05) is 24.3 Å². The van der Waals surface area contributed by atoms with Gasteiger partial charge in [0.15, 0.2) is 0 Å². The van der Waals surface area contributed by atoms with Crippen LogP contribution in [0.3, 0.4) is 0 Å². The quantitative estimate of drug-likeness (QED) is 0.592. The summed E-state index contributed by atoms with van der Waals surface area (Å²) in [5, 5.41) is 7.56. The average molecular weight is 353 g/mol. The molecule has 0 fully saturated rings. The summed E-state index contributed by atoms with van der Waals surface area (Å²) in [6, 6.07) is 9.48. The number of hydrazine groups is 1. The largest absolute Gasteiger partial charge is 0.370 e. The topological polar surface area (TPSA) is 108 Å². The number of carbonyl (C=O) groups excluding carboxylic acids is 1. The van der Waals surface area contributed by atoms with Gasteiger partial charge in [-0.15, -0.1) is 0 Å². The number of aromatic nitrogens is 2. The first kappa shape index (κ1) is 17.7. The number of nitrogens with one attached hydrogen (secondary N) is 3. The Hall–Kier alpha value is -3.13. The Kier molecular flexibility index (Phi) is 5.65. The molecule has 3 rings (SSSR count). The minimum atomic E-state index is -0.396. The predicted octanol–water partition coefficient (Wildman–Crippen LogP) is 2.07. The van der Waals surface area contributed by atoms with Crippen molar-refractivity contribution < 1.29 is 4.79 Å². The van der Waals surface area contributed by atoms with E-state index in [1.165, 1.54) is 0 Å². The Balaban J connectivity index is 1.58. The van der Waals surface area contributed by atoms with Gasteiger partial charge in [-0.05, 0) is 37.1 Å². The number of rotatable bonds is 6. The number of nitrogens with two attached hydrogens (primary N) is 1. The van der Waals surface area contributed by atoms with E-state index in [0.29, 0.717) is 18.9 Å². The Morgan fingerprint density at radius 3 is 3.00 bits per heavy atom. The third-order valence-corrected chi connectivity index (χ3v) is 3.84. The molecular formula is C18H23N7O. The molecule has 2 heterocycles. The second-order valence-electron chi connectivity index (χ2n) is 6.00. The molecule has 2 aromatic rings. The summed E-state index contributed by atoms with van der Waals surface area (Å²) in [6.45, 7) is 3.78. The van der Waals surface area contributed by atoms with E-state index in [9.17, 15) is 4.79 Å². The molecule has 1 aliphatic rings. The molecule has 0 saturated carbocycles. The second-order valence-corrected chi connectivity index (χ2v) is 6.00. The summed E-state index contributed by atoms with van der Waals surface area (Å²) < 4.78 is 0. The van der Waals surface area contributed by atoms with Gasteiger partial charge in [0, 0.05) is 24.5 Å². The van der Waals surface area contributed by atoms with Crippen LogP contribution in [0.1, 0.15) is 23.2 Å². The Morgan fingerprint density at radius 2 is 2.15 bits per heavy atom. The second kappa shape index (κ2) is 8.30. The van der Waals surface area contributed by atoms with E-state index in [1.54, 1.807) is 5.01 Å². The van der Waals surface area contributed by atoms with Crippen LogP contribution in [-0.2, 0) is 6.54 Å². The molecule has 5 N–H and O–H groups in total. The lowest BCUT2D eigenvalue weighted by Gasteiger charge is -2.25. The lowest BCUT2D eigenvalue weighted by Crippen LogP contribution is -2.41. The molecule has 8 heteroatoms. The van der Waals surface area contributed by atoms with E-state index in [1.807, 2.05) is 49.5 Å². The molecular weight excluding hydrogens is 330 g/mol. The van der Waals surface area contributed by atoms with Gasteiger partial charge in [0.1, 0.15) is 5.82 Å². The van der Waals surface area contributed by atoms with Gasteiger partial charge in [-0.3, -0.25) is 10.3 Å². The molecule has 0 unspecified atom stereocenters. The molecule has 2 amide bonds. The Morgan fingerprint density at radius 1 is 1.31 bits per heavy atom. The van der Waals surface area contributed by atoms with Crippen molar-refractivity contribution in [2.45, 2.75) is 19.9 Å². The number of anilines is 2. The molecule has 0 spiro atoms. The molecule has 0 aliphatic carbocycles. The number of amides is 2.